The highest BCUT2D eigenvalue weighted by atomic mass is 35.5. The van der Waals surface area contributed by atoms with Crippen molar-refractivity contribution in [1.29, 1.82) is 0 Å². The Hall–Kier alpha value is -1.71. The van der Waals surface area contributed by atoms with Gasteiger partial charge in [0.25, 0.3) is 10.0 Å². The molecule has 0 aromatic carbocycles. The smallest absolute Gasteiger partial charge is 0.358 e. The van der Waals surface area contributed by atoms with Crippen molar-refractivity contribution in [2.75, 3.05) is 11.8 Å². The van der Waals surface area contributed by atoms with Gasteiger partial charge in [-0.25, -0.2) is 23.2 Å². The number of hydrogen-bond acceptors (Lipinski definition) is 7. The predicted octanol–water partition coefficient (Wildman–Crippen LogP) is 1.78. The number of carbonyl (C=O) groups is 1. The second-order valence-corrected chi connectivity index (χ2v) is 6.56. The summed E-state index contributed by atoms with van der Waals surface area (Å²) in [6, 6.07) is 3.05. The number of pyridine rings is 1. The van der Waals surface area contributed by atoms with Gasteiger partial charge in [-0.1, -0.05) is 11.6 Å². The average Bonchev–Trinajstić information content (AvgIpc) is 2.90. The minimum Gasteiger partial charge on any atom is -0.464 e. The third-order valence-corrected chi connectivity index (χ3v) is 5.16. The first-order valence-corrected chi connectivity index (χ1v) is 7.85. The molecular weight excluding hydrogens is 326 g/mol. The van der Waals surface area contributed by atoms with Crippen LogP contribution in [0.25, 0.3) is 0 Å². The fourth-order valence-electron chi connectivity index (χ4n) is 1.29. The molecule has 2 heterocycles. The Morgan fingerprint density at radius 2 is 2.20 bits per heavy atom. The van der Waals surface area contributed by atoms with Crippen LogP contribution in [0.4, 0.5) is 5.82 Å². The van der Waals surface area contributed by atoms with Gasteiger partial charge in [-0.15, -0.1) is 11.3 Å². The number of esters is 1. The van der Waals surface area contributed by atoms with E-state index in [0.29, 0.717) is 0 Å². The molecule has 7 nitrogen and oxygen atoms in total. The van der Waals surface area contributed by atoms with Gasteiger partial charge in [0.1, 0.15) is 0 Å². The van der Waals surface area contributed by atoms with Crippen LogP contribution in [0.1, 0.15) is 10.5 Å². The van der Waals surface area contributed by atoms with E-state index in [9.17, 15) is 13.2 Å². The van der Waals surface area contributed by atoms with E-state index < -0.39 is 16.0 Å². The molecule has 0 aliphatic carbocycles. The van der Waals surface area contributed by atoms with Crippen molar-refractivity contribution >= 4 is 44.7 Å². The number of sulfonamides is 1. The lowest BCUT2D eigenvalue weighted by Crippen LogP contribution is -2.17. The van der Waals surface area contributed by atoms with Crippen LogP contribution in [0, 0.1) is 0 Å². The Labute approximate surface area is 123 Å². The summed E-state index contributed by atoms with van der Waals surface area (Å²) >= 11 is 6.62. The maximum Gasteiger partial charge on any atom is 0.358 e. The normalized spacial score (nSPS) is 11.1. The van der Waals surface area contributed by atoms with Crippen LogP contribution in [0.15, 0.2) is 28.0 Å². The number of ether oxygens (including phenoxy) is 1. The standard InChI is InChI=1S/C10H8ClN3O4S2/c1-18-9(15)7-10(19-5-13-7)20(16,17)14-8-6(11)3-2-4-12-8/h2-5H,1H3,(H,12,14). The van der Waals surface area contributed by atoms with Crippen molar-refractivity contribution in [3.05, 3.63) is 34.6 Å². The van der Waals surface area contributed by atoms with Crippen LogP contribution < -0.4 is 4.72 Å². The van der Waals surface area contributed by atoms with Crippen molar-refractivity contribution < 1.29 is 17.9 Å². The number of halogens is 1. The second kappa shape index (κ2) is 5.73. The molecule has 0 unspecified atom stereocenters. The Kier molecular flexibility index (Phi) is 4.21. The Balaban J connectivity index is 2.40. The maximum absolute atomic E-state index is 12.2. The van der Waals surface area contributed by atoms with Crippen molar-refractivity contribution in [2.45, 2.75) is 4.21 Å². The lowest BCUT2D eigenvalue weighted by atomic mass is 10.5. The van der Waals surface area contributed by atoms with Crippen molar-refractivity contribution in [3.8, 4) is 0 Å². The lowest BCUT2D eigenvalue weighted by molar-refractivity contribution is 0.0590. The van der Waals surface area contributed by atoms with Crippen LogP contribution in [0.5, 0.6) is 0 Å². The number of aromatic nitrogens is 2. The van der Waals surface area contributed by atoms with Crippen LogP contribution in [0.2, 0.25) is 5.02 Å². The first-order valence-electron chi connectivity index (χ1n) is 5.11. The highest BCUT2D eigenvalue weighted by Gasteiger charge is 2.27. The molecule has 0 saturated heterocycles. The number of carbonyl (C=O) groups excluding carboxylic acids is 1. The molecule has 2 aromatic heterocycles. The summed E-state index contributed by atoms with van der Waals surface area (Å²) in [5.74, 6) is -0.864. The molecule has 10 heteroatoms. The highest BCUT2D eigenvalue weighted by Crippen LogP contribution is 2.25. The molecule has 0 fully saturated rings. The summed E-state index contributed by atoms with van der Waals surface area (Å²) in [5, 5.41) is 0.139. The molecule has 2 rings (SSSR count). The number of methoxy groups -OCH3 is 1. The number of thiazole rings is 1. The molecule has 0 aliphatic rings. The number of nitrogens with zero attached hydrogens (tertiary/aromatic N) is 2. The second-order valence-electron chi connectivity index (χ2n) is 3.42. The minimum absolute atomic E-state index is 0.0293. The first-order chi connectivity index (χ1) is 9.45. The third-order valence-electron chi connectivity index (χ3n) is 2.15. The molecule has 0 aliphatic heterocycles. The van der Waals surface area contributed by atoms with E-state index >= 15 is 0 Å². The van der Waals surface area contributed by atoms with E-state index in [4.69, 9.17) is 11.6 Å². The number of hydrogen-bond donors (Lipinski definition) is 1. The predicted molar refractivity (Wildman–Crippen MR) is 73.5 cm³/mol. The van der Waals surface area contributed by atoms with Gasteiger partial charge in [0.15, 0.2) is 15.7 Å². The van der Waals surface area contributed by atoms with E-state index in [0.717, 1.165) is 18.4 Å². The van der Waals surface area contributed by atoms with Gasteiger partial charge in [-0.2, -0.15) is 0 Å². The van der Waals surface area contributed by atoms with E-state index in [2.05, 4.69) is 19.4 Å². The van der Waals surface area contributed by atoms with Gasteiger partial charge in [0, 0.05) is 6.20 Å². The number of nitrogens with one attached hydrogen (secondary N) is 1. The van der Waals surface area contributed by atoms with Gasteiger partial charge >= 0.3 is 5.97 Å². The van der Waals surface area contributed by atoms with Crippen molar-refractivity contribution in [2.24, 2.45) is 0 Å². The van der Waals surface area contributed by atoms with Crippen LogP contribution in [-0.2, 0) is 14.8 Å². The van der Waals surface area contributed by atoms with Crippen molar-refractivity contribution in [1.82, 2.24) is 9.97 Å². The third kappa shape index (κ3) is 2.89. The summed E-state index contributed by atoms with van der Waals surface area (Å²) in [5.41, 5.74) is 0.956. The molecular formula is C10H8ClN3O4S2. The molecule has 0 saturated carbocycles. The van der Waals surface area contributed by atoms with E-state index in [1.165, 1.54) is 17.8 Å². The van der Waals surface area contributed by atoms with E-state index in [-0.39, 0.29) is 20.7 Å². The molecule has 0 radical (unpaired) electrons. The number of rotatable bonds is 4. The molecule has 2 aromatic rings. The zero-order valence-electron chi connectivity index (χ0n) is 10.0. The van der Waals surface area contributed by atoms with Crippen molar-refractivity contribution in [3.63, 3.8) is 0 Å². The topological polar surface area (TPSA) is 98.2 Å². The molecule has 20 heavy (non-hydrogen) atoms. The summed E-state index contributed by atoms with van der Waals surface area (Å²) in [6.45, 7) is 0. The van der Waals surface area contributed by atoms with Gasteiger partial charge in [0.05, 0.1) is 17.6 Å². The summed E-state index contributed by atoms with van der Waals surface area (Å²) in [6.07, 6.45) is 1.39. The highest BCUT2D eigenvalue weighted by molar-refractivity contribution is 7.94. The Bertz CT molecular complexity index is 744. The molecule has 106 valence electrons. The average molecular weight is 334 g/mol. The number of anilines is 1. The van der Waals surface area contributed by atoms with Gasteiger partial charge < -0.3 is 4.74 Å². The van der Waals surface area contributed by atoms with Gasteiger partial charge in [-0.05, 0) is 12.1 Å². The molecule has 0 atom stereocenters. The molecule has 0 spiro atoms. The first kappa shape index (κ1) is 14.7. The largest absolute Gasteiger partial charge is 0.464 e. The SMILES string of the molecule is COC(=O)c1ncsc1S(=O)(=O)Nc1ncccc1Cl. The Morgan fingerprint density at radius 3 is 2.85 bits per heavy atom. The van der Waals surface area contributed by atoms with E-state index in [1.54, 1.807) is 6.07 Å². The summed E-state index contributed by atoms with van der Waals surface area (Å²) in [4.78, 5) is 19.0. The molecule has 1 N–H and O–H groups in total. The minimum atomic E-state index is -4.02. The molecule has 0 bridgehead atoms. The van der Waals surface area contributed by atoms with Gasteiger partial charge in [-0.3, -0.25) is 4.72 Å². The van der Waals surface area contributed by atoms with Crippen LogP contribution in [-0.4, -0.2) is 31.5 Å². The van der Waals surface area contributed by atoms with Crippen LogP contribution >= 0.6 is 22.9 Å². The van der Waals surface area contributed by atoms with Gasteiger partial charge in [0.2, 0.25) is 0 Å². The summed E-state index contributed by atoms with van der Waals surface area (Å²) in [7, 11) is -2.88. The fraction of sp³-hybridized carbons (Fsp3) is 0.100. The zero-order chi connectivity index (χ0) is 14.8. The maximum atomic E-state index is 12.2. The Morgan fingerprint density at radius 1 is 1.45 bits per heavy atom. The monoisotopic (exact) mass is 333 g/mol. The molecule has 0 amide bonds. The quantitative estimate of drug-likeness (QED) is 0.856. The van der Waals surface area contributed by atoms with E-state index in [1.807, 2.05) is 0 Å². The lowest BCUT2D eigenvalue weighted by Gasteiger charge is -2.07. The van der Waals surface area contributed by atoms with Crippen LogP contribution in [0.3, 0.4) is 0 Å². The fourth-order valence-corrected chi connectivity index (χ4v) is 3.68. The zero-order valence-corrected chi connectivity index (χ0v) is 12.4. The summed E-state index contributed by atoms with van der Waals surface area (Å²) < 4.78 is 30.8.